The summed E-state index contributed by atoms with van der Waals surface area (Å²) in [6.45, 7) is 3.64. The zero-order valence-electron chi connectivity index (χ0n) is 10.1. The molecule has 0 spiro atoms. The summed E-state index contributed by atoms with van der Waals surface area (Å²) < 4.78 is 0. The number of aromatic nitrogens is 1. The fourth-order valence-corrected chi connectivity index (χ4v) is 1.28. The highest BCUT2D eigenvalue weighted by Crippen LogP contribution is 2.11. The van der Waals surface area contributed by atoms with E-state index in [0.717, 1.165) is 0 Å². The number of nitrogens with zero attached hydrogens (tertiary/aromatic N) is 2. The summed E-state index contributed by atoms with van der Waals surface area (Å²) in [6.07, 6.45) is 2.83. The molecule has 0 unspecified atom stereocenters. The summed E-state index contributed by atoms with van der Waals surface area (Å²) in [4.78, 5) is 15.6. The molecule has 1 amide bonds. The quantitative estimate of drug-likeness (QED) is 0.645. The summed E-state index contributed by atoms with van der Waals surface area (Å²) in [5, 5.41) is 14.8. The molecule has 0 fully saturated rings. The number of carbonyl (C=O) groups excluding carboxylic acids is 1. The summed E-state index contributed by atoms with van der Waals surface area (Å²) in [7, 11) is 0. The average molecular weight is 265 g/mol. The largest absolute Gasteiger partial charge is 0.349 e. The van der Waals surface area contributed by atoms with Crippen molar-refractivity contribution in [2.45, 2.75) is 19.9 Å². The van der Waals surface area contributed by atoms with Crippen molar-refractivity contribution in [3.05, 3.63) is 35.1 Å². The van der Waals surface area contributed by atoms with Crippen molar-refractivity contribution in [2.24, 2.45) is 0 Å². The highest BCUT2D eigenvalue weighted by atomic mass is 35.5. The van der Waals surface area contributed by atoms with Crippen molar-refractivity contribution in [2.75, 3.05) is 5.32 Å². The Hall–Kier alpha value is -2.06. The van der Waals surface area contributed by atoms with Crippen molar-refractivity contribution in [3.63, 3.8) is 0 Å². The number of hydrogen-bond donors (Lipinski definition) is 2. The van der Waals surface area contributed by atoms with Gasteiger partial charge in [0.2, 0.25) is 0 Å². The van der Waals surface area contributed by atoms with Gasteiger partial charge in [0.1, 0.15) is 17.5 Å². The monoisotopic (exact) mass is 264 g/mol. The SMILES string of the molecule is CC(C)NC(=O)/C(C#N)=C\Nc1cc(Cl)ccn1. The Morgan fingerprint density at radius 1 is 1.61 bits per heavy atom. The summed E-state index contributed by atoms with van der Waals surface area (Å²) in [5.41, 5.74) is -0.0227. The first-order valence-electron chi connectivity index (χ1n) is 5.32. The molecule has 1 rings (SSSR count). The molecule has 94 valence electrons. The maximum absolute atomic E-state index is 11.6. The number of hydrogen-bond acceptors (Lipinski definition) is 4. The Balaban J connectivity index is 2.75. The number of nitriles is 1. The highest BCUT2D eigenvalue weighted by Gasteiger charge is 2.09. The van der Waals surface area contributed by atoms with E-state index in [9.17, 15) is 4.79 Å². The topological polar surface area (TPSA) is 77.8 Å². The van der Waals surface area contributed by atoms with Gasteiger partial charge in [-0.2, -0.15) is 5.26 Å². The first-order chi connectivity index (χ1) is 8.52. The lowest BCUT2D eigenvalue weighted by Gasteiger charge is -2.07. The fourth-order valence-electron chi connectivity index (χ4n) is 1.12. The van der Waals surface area contributed by atoms with Gasteiger partial charge in [-0.05, 0) is 26.0 Å². The average Bonchev–Trinajstić information content (AvgIpc) is 2.29. The summed E-state index contributed by atoms with van der Waals surface area (Å²) >= 11 is 5.78. The maximum Gasteiger partial charge on any atom is 0.263 e. The van der Waals surface area contributed by atoms with E-state index < -0.39 is 5.91 Å². The van der Waals surface area contributed by atoms with Gasteiger partial charge in [-0.25, -0.2) is 4.98 Å². The van der Waals surface area contributed by atoms with Crippen molar-refractivity contribution in [1.29, 1.82) is 5.26 Å². The van der Waals surface area contributed by atoms with Crippen LogP contribution in [-0.4, -0.2) is 16.9 Å². The van der Waals surface area contributed by atoms with E-state index in [1.807, 2.05) is 19.9 Å². The van der Waals surface area contributed by atoms with Crippen LogP contribution in [0.1, 0.15) is 13.8 Å². The predicted octanol–water partition coefficient (Wildman–Crippen LogP) is 2.08. The van der Waals surface area contributed by atoms with E-state index in [1.165, 1.54) is 12.4 Å². The van der Waals surface area contributed by atoms with E-state index in [4.69, 9.17) is 16.9 Å². The number of carbonyl (C=O) groups is 1. The van der Waals surface area contributed by atoms with Crippen LogP contribution in [0.15, 0.2) is 30.1 Å². The van der Waals surface area contributed by atoms with Crippen LogP contribution in [0.3, 0.4) is 0 Å². The minimum Gasteiger partial charge on any atom is -0.349 e. The zero-order chi connectivity index (χ0) is 13.5. The number of anilines is 1. The van der Waals surface area contributed by atoms with Gasteiger partial charge in [0.05, 0.1) is 0 Å². The van der Waals surface area contributed by atoms with Crippen molar-refractivity contribution < 1.29 is 4.79 Å². The predicted molar refractivity (Wildman–Crippen MR) is 69.8 cm³/mol. The van der Waals surface area contributed by atoms with Gasteiger partial charge >= 0.3 is 0 Å². The van der Waals surface area contributed by atoms with Crippen LogP contribution in [0.2, 0.25) is 5.02 Å². The summed E-state index contributed by atoms with van der Waals surface area (Å²) in [6, 6.07) is 5.01. The van der Waals surface area contributed by atoms with Gasteiger partial charge in [0.15, 0.2) is 0 Å². The van der Waals surface area contributed by atoms with E-state index >= 15 is 0 Å². The molecule has 0 saturated carbocycles. The standard InChI is InChI=1S/C12H13ClN4O/c1-8(2)17-12(18)9(6-14)7-16-11-5-10(13)3-4-15-11/h3-5,7-8H,1-2H3,(H,15,16)(H,17,18)/b9-7-. The molecule has 18 heavy (non-hydrogen) atoms. The molecule has 6 heteroatoms. The number of rotatable bonds is 4. The Labute approximate surface area is 110 Å². The molecule has 2 N–H and O–H groups in total. The van der Waals surface area contributed by atoms with Gasteiger partial charge < -0.3 is 10.6 Å². The first kappa shape index (κ1) is 14.0. The molecular weight excluding hydrogens is 252 g/mol. The number of amides is 1. The Morgan fingerprint density at radius 2 is 2.33 bits per heavy atom. The minimum absolute atomic E-state index is 0.0227. The molecule has 0 aliphatic carbocycles. The lowest BCUT2D eigenvalue weighted by Crippen LogP contribution is -2.31. The third-order valence-electron chi connectivity index (χ3n) is 1.87. The van der Waals surface area contributed by atoms with E-state index in [0.29, 0.717) is 10.8 Å². The van der Waals surface area contributed by atoms with E-state index in [2.05, 4.69) is 15.6 Å². The molecule has 1 aromatic rings. The van der Waals surface area contributed by atoms with Gasteiger partial charge in [0, 0.05) is 23.5 Å². The van der Waals surface area contributed by atoms with Crippen molar-refractivity contribution in [3.8, 4) is 6.07 Å². The third kappa shape index (κ3) is 4.44. The van der Waals surface area contributed by atoms with Crippen LogP contribution in [-0.2, 0) is 4.79 Å². The first-order valence-corrected chi connectivity index (χ1v) is 5.70. The molecule has 0 aliphatic heterocycles. The normalized spacial score (nSPS) is 10.9. The van der Waals surface area contributed by atoms with Crippen LogP contribution >= 0.6 is 11.6 Å². The number of halogens is 1. The molecule has 1 aromatic heterocycles. The second-order valence-electron chi connectivity index (χ2n) is 3.80. The van der Waals surface area contributed by atoms with E-state index in [-0.39, 0.29) is 11.6 Å². The zero-order valence-corrected chi connectivity index (χ0v) is 10.8. The maximum atomic E-state index is 11.6. The van der Waals surface area contributed by atoms with E-state index in [1.54, 1.807) is 12.1 Å². The van der Waals surface area contributed by atoms with Gasteiger partial charge in [0.25, 0.3) is 5.91 Å². The molecule has 5 nitrogen and oxygen atoms in total. The highest BCUT2D eigenvalue weighted by molar-refractivity contribution is 6.30. The Bertz CT molecular complexity index is 505. The van der Waals surface area contributed by atoms with Crippen LogP contribution < -0.4 is 10.6 Å². The van der Waals surface area contributed by atoms with Crippen molar-refractivity contribution >= 4 is 23.3 Å². The van der Waals surface area contributed by atoms with Crippen LogP contribution in [0.4, 0.5) is 5.82 Å². The molecule has 1 heterocycles. The lowest BCUT2D eigenvalue weighted by atomic mass is 10.2. The van der Waals surface area contributed by atoms with Crippen LogP contribution in [0.25, 0.3) is 0 Å². The Morgan fingerprint density at radius 3 is 2.89 bits per heavy atom. The lowest BCUT2D eigenvalue weighted by molar-refractivity contribution is -0.117. The molecule has 0 radical (unpaired) electrons. The smallest absolute Gasteiger partial charge is 0.263 e. The fraction of sp³-hybridized carbons (Fsp3) is 0.250. The summed E-state index contributed by atoms with van der Waals surface area (Å²) in [5.74, 6) is 0.0367. The van der Waals surface area contributed by atoms with Crippen LogP contribution in [0, 0.1) is 11.3 Å². The molecule has 0 atom stereocenters. The van der Waals surface area contributed by atoms with Gasteiger partial charge in [-0.3, -0.25) is 4.79 Å². The van der Waals surface area contributed by atoms with Crippen molar-refractivity contribution in [1.82, 2.24) is 10.3 Å². The number of pyridine rings is 1. The Kier molecular flexibility index (Phi) is 5.15. The molecule has 0 bridgehead atoms. The van der Waals surface area contributed by atoms with Gasteiger partial charge in [-0.1, -0.05) is 11.6 Å². The minimum atomic E-state index is -0.429. The third-order valence-corrected chi connectivity index (χ3v) is 2.11. The van der Waals surface area contributed by atoms with Crippen LogP contribution in [0.5, 0.6) is 0 Å². The number of nitrogens with one attached hydrogen (secondary N) is 2. The molecule has 0 saturated heterocycles. The molecular formula is C12H13ClN4O. The van der Waals surface area contributed by atoms with Gasteiger partial charge in [-0.15, -0.1) is 0 Å². The second kappa shape index (κ2) is 6.62. The molecule has 0 aromatic carbocycles. The molecule has 0 aliphatic rings. The second-order valence-corrected chi connectivity index (χ2v) is 4.24.